The van der Waals surface area contributed by atoms with Crippen LogP contribution in [0.3, 0.4) is 0 Å². The van der Waals surface area contributed by atoms with Gasteiger partial charge in [-0.25, -0.2) is 4.98 Å². The third-order valence-electron chi connectivity index (χ3n) is 5.62. The summed E-state index contributed by atoms with van der Waals surface area (Å²) in [7, 11) is 0. The molecule has 0 amide bonds. The summed E-state index contributed by atoms with van der Waals surface area (Å²) < 4.78 is 0. The van der Waals surface area contributed by atoms with E-state index in [0.717, 1.165) is 17.3 Å². The van der Waals surface area contributed by atoms with Gasteiger partial charge in [-0.3, -0.25) is 0 Å². The molecule has 1 heterocycles. The number of rotatable bonds is 2. The zero-order valence-corrected chi connectivity index (χ0v) is 13.0. The Morgan fingerprint density at radius 3 is 2.63 bits per heavy atom. The average Bonchev–Trinajstić information content (AvgIpc) is 2.78. The molecule has 0 aromatic carbocycles. The first kappa shape index (κ1) is 13.2. The lowest BCUT2D eigenvalue weighted by Gasteiger charge is -2.43. The van der Waals surface area contributed by atoms with Crippen LogP contribution in [0.25, 0.3) is 0 Å². The van der Waals surface area contributed by atoms with Gasteiger partial charge in [-0.15, -0.1) is 0 Å². The van der Waals surface area contributed by atoms with Crippen LogP contribution in [0.4, 0.5) is 5.69 Å². The number of aromatic nitrogens is 1. The van der Waals surface area contributed by atoms with Crippen LogP contribution in [-0.2, 0) is 0 Å². The first-order valence-corrected chi connectivity index (χ1v) is 7.60. The minimum absolute atomic E-state index is 0.360. The zero-order chi connectivity index (χ0) is 13.8. The van der Waals surface area contributed by atoms with Gasteiger partial charge in [-0.2, -0.15) is 0 Å². The number of hydrogen-bond acceptors (Lipinski definition) is 2. The summed E-state index contributed by atoms with van der Waals surface area (Å²) in [5, 5.41) is 4.35. The first-order chi connectivity index (χ1) is 8.83. The maximum absolute atomic E-state index is 5.94. The molecule has 3 unspecified atom stereocenters. The minimum Gasteiger partial charge on any atom is -0.380 e. The summed E-state index contributed by atoms with van der Waals surface area (Å²) in [5.74, 6) is 0.857. The quantitative estimate of drug-likeness (QED) is 0.795. The Morgan fingerprint density at radius 1 is 1.32 bits per heavy atom. The molecule has 1 aromatic heterocycles. The number of nitrogens with one attached hydrogen (secondary N) is 1. The number of fused-ring (bicyclic) bond motifs is 2. The minimum atomic E-state index is 0.360. The molecule has 3 rings (SSSR count). The van der Waals surface area contributed by atoms with E-state index in [1.165, 1.54) is 19.3 Å². The van der Waals surface area contributed by atoms with Crippen molar-refractivity contribution in [2.75, 3.05) is 5.32 Å². The predicted octanol–water partition coefficient (Wildman–Crippen LogP) is 4.67. The molecule has 104 valence electrons. The summed E-state index contributed by atoms with van der Waals surface area (Å²) in [4.78, 5) is 4.35. The monoisotopic (exact) mass is 278 g/mol. The van der Waals surface area contributed by atoms with Crippen LogP contribution in [0.2, 0.25) is 5.15 Å². The second kappa shape index (κ2) is 4.12. The van der Waals surface area contributed by atoms with Crippen molar-refractivity contribution in [1.82, 2.24) is 4.98 Å². The Morgan fingerprint density at radius 2 is 2.05 bits per heavy atom. The largest absolute Gasteiger partial charge is 0.380 e. The molecule has 1 aromatic rings. The van der Waals surface area contributed by atoms with Gasteiger partial charge in [0.25, 0.3) is 0 Å². The van der Waals surface area contributed by atoms with Crippen molar-refractivity contribution in [3.63, 3.8) is 0 Å². The third kappa shape index (κ3) is 1.96. The standard InChI is InChI=1S/C16H23ClN2/c1-10-12(5-6-13(17)18-10)19-14-15(2,3)11-7-8-16(14,4)9-11/h5-6,11,14,19H,7-9H2,1-4H3. The van der Waals surface area contributed by atoms with Gasteiger partial charge in [0, 0.05) is 6.04 Å². The molecular weight excluding hydrogens is 256 g/mol. The molecule has 0 saturated heterocycles. The fourth-order valence-corrected chi connectivity index (χ4v) is 4.69. The molecule has 2 aliphatic carbocycles. The average molecular weight is 279 g/mol. The van der Waals surface area contributed by atoms with E-state index in [0.29, 0.717) is 22.0 Å². The molecule has 2 nitrogen and oxygen atoms in total. The van der Waals surface area contributed by atoms with Crippen molar-refractivity contribution in [3.8, 4) is 0 Å². The first-order valence-electron chi connectivity index (χ1n) is 7.23. The van der Waals surface area contributed by atoms with Crippen molar-refractivity contribution in [2.45, 2.75) is 53.0 Å². The second-order valence-corrected chi connectivity index (χ2v) is 7.65. The van der Waals surface area contributed by atoms with Crippen molar-refractivity contribution in [1.29, 1.82) is 0 Å². The lowest BCUT2D eigenvalue weighted by molar-refractivity contribution is 0.155. The van der Waals surface area contributed by atoms with E-state index in [4.69, 9.17) is 11.6 Å². The molecule has 3 atom stereocenters. The molecular formula is C16H23ClN2. The van der Waals surface area contributed by atoms with Gasteiger partial charge in [0.15, 0.2) is 0 Å². The van der Waals surface area contributed by atoms with E-state index >= 15 is 0 Å². The lowest BCUT2D eigenvalue weighted by atomic mass is 9.68. The Bertz CT molecular complexity index is 507. The van der Waals surface area contributed by atoms with Gasteiger partial charge in [-0.05, 0) is 55.1 Å². The van der Waals surface area contributed by atoms with E-state index in [1.54, 1.807) is 0 Å². The molecule has 1 N–H and O–H groups in total. The van der Waals surface area contributed by atoms with Gasteiger partial charge >= 0.3 is 0 Å². The van der Waals surface area contributed by atoms with Crippen molar-refractivity contribution < 1.29 is 0 Å². The van der Waals surface area contributed by atoms with Crippen LogP contribution >= 0.6 is 11.6 Å². The molecule has 0 radical (unpaired) electrons. The Labute approximate surface area is 121 Å². The van der Waals surface area contributed by atoms with Crippen LogP contribution in [0, 0.1) is 23.7 Å². The molecule has 19 heavy (non-hydrogen) atoms. The number of anilines is 1. The van der Waals surface area contributed by atoms with Crippen molar-refractivity contribution >= 4 is 17.3 Å². The topological polar surface area (TPSA) is 24.9 Å². The van der Waals surface area contributed by atoms with Crippen LogP contribution in [0.15, 0.2) is 12.1 Å². The molecule has 2 saturated carbocycles. The molecule has 0 spiro atoms. The highest BCUT2D eigenvalue weighted by Gasteiger charge is 2.59. The van der Waals surface area contributed by atoms with Crippen LogP contribution in [-0.4, -0.2) is 11.0 Å². The fourth-order valence-electron chi connectivity index (χ4n) is 4.50. The number of hydrogen-bond donors (Lipinski definition) is 1. The normalized spacial score (nSPS) is 35.6. The number of pyridine rings is 1. The summed E-state index contributed by atoms with van der Waals surface area (Å²) in [6, 6.07) is 4.47. The summed E-state index contributed by atoms with van der Waals surface area (Å²) in [6.07, 6.45) is 4.09. The van der Waals surface area contributed by atoms with Crippen LogP contribution in [0.1, 0.15) is 45.7 Å². The lowest BCUT2D eigenvalue weighted by Crippen LogP contribution is -2.45. The summed E-state index contributed by atoms with van der Waals surface area (Å²) in [5.41, 5.74) is 2.92. The van der Waals surface area contributed by atoms with Crippen molar-refractivity contribution in [3.05, 3.63) is 23.0 Å². The SMILES string of the molecule is Cc1nc(Cl)ccc1NC1C2(C)CCC(C2)C1(C)C. The maximum atomic E-state index is 5.94. The van der Waals surface area contributed by atoms with Gasteiger partial charge in [0.05, 0.1) is 11.4 Å². The molecule has 2 aliphatic rings. The van der Waals surface area contributed by atoms with E-state index < -0.39 is 0 Å². The smallest absolute Gasteiger partial charge is 0.129 e. The van der Waals surface area contributed by atoms with Gasteiger partial charge in [0.1, 0.15) is 5.15 Å². The summed E-state index contributed by atoms with van der Waals surface area (Å²) >= 11 is 5.94. The van der Waals surface area contributed by atoms with Crippen LogP contribution in [0.5, 0.6) is 0 Å². The van der Waals surface area contributed by atoms with E-state index in [-0.39, 0.29) is 0 Å². The number of nitrogens with zero attached hydrogens (tertiary/aromatic N) is 1. The van der Waals surface area contributed by atoms with Gasteiger partial charge in [0.2, 0.25) is 0 Å². The van der Waals surface area contributed by atoms with Gasteiger partial charge in [-0.1, -0.05) is 32.4 Å². The highest BCUT2D eigenvalue weighted by atomic mass is 35.5. The zero-order valence-electron chi connectivity index (χ0n) is 12.3. The number of aryl methyl sites for hydroxylation is 1. The Hall–Kier alpha value is -0.760. The Balaban J connectivity index is 1.90. The maximum Gasteiger partial charge on any atom is 0.129 e. The third-order valence-corrected chi connectivity index (χ3v) is 5.83. The van der Waals surface area contributed by atoms with E-state index in [9.17, 15) is 0 Å². The van der Waals surface area contributed by atoms with E-state index in [2.05, 4.69) is 37.1 Å². The fraction of sp³-hybridized carbons (Fsp3) is 0.688. The van der Waals surface area contributed by atoms with Crippen LogP contribution < -0.4 is 5.32 Å². The van der Waals surface area contributed by atoms with Gasteiger partial charge < -0.3 is 5.32 Å². The molecule has 2 bridgehead atoms. The molecule has 0 aliphatic heterocycles. The highest BCUT2D eigenvalue weighted by molar-refractivity contribution is 6.29. The molecule has 2 fully saturated rings. The molecule has 3 heteroatoms. The van der Waals surface area contributed by atoms with Crippen molar-refractivity contribution in [2.24, 2.45) is 16.7 Å². The Kier molecular flexibility index (Phi) is 2.87. The van der Waals surface area contributed by atoms with E-state index in [1.807, 2.05) is 13.0 Å². The highest BCUT2D eigenvalue weighted by Crippen LogP contribution is 2.63. The predicted molar refractivity (Wildman–Crippen MR) is 80.6 cm³/mol. The second-order valence-electron chi connectivity index (χ2n) is 7.26. The summed E-state index contributed by atoms with van der Waals surface area (Å²) in [6.45, 7) is 9.30. The number of halogens is 1.